The van der Waals surface area contributed by atoms with E-state index in [0.29, 0.717) is 12.1 Å². The van der Waals surface area contributed by atoms with Crippen LogP contribution in [0.3, 0.4) is 0 Å². The fraction of sp³-hybridized carbons (Fsp3) is 0.471. The maximum atomic E-state index is 14.0. The first-order valence-electron chi connectivity index (χ1n) is 8.24. The largest absolute Gasteiger partial charge is 0.349 e. The van der Waals surface area contributed by atoms with Crippen molar-refractivity contribution in [1.29, 1.82) is 0 Å². The van der Waals surface area contributed by atoms with E-state index in [-0.39, 0.29) is 30.3 Å². The molecule has 1 aliphatic rings. The Balaban J connectivity index is 1.76. The normalized spacial score (nSPS) is 16.3. The molecule has 1 heterocycles. The molecule has 0 radical (unpaired) electrons. The fourth-order valence-corrected chi connectivity index (χ4v) is 3.15. The average molecular weight is 368 g/mol. The molecule has 0 aliphatic heterocycles. The van der Waals surface area contributed by atoms with E-state index in [1.807, 2.05) is 6.92 Å². The van der Waals surface area contributed by atoms with Gasteiger partial charge < -0.3 is 5.32 Å². The number of aromatic nitrogens is 3. The van der Waals surface area contributed by atoms with Crippen LogP contribution in [0.15, 0.2) is 16.9 Å². The third kappa shape index (κ3) is 3.66. The molecule has 0 bridgehead atoms. The quantitative estimate of drug-likeness (QED) is 0.818. The highest BCUT2D eigenvalue weighted by molar-refractivity contribution is 5.90. The summed E-state index contributed by atoms with van der Waals surface area (Å²) in [4.78, 5) is 25.9. The van der Waals surface area contributed by atoms with Gasteiger partial charge in [-0.1, -0.05) is 6.92 Å². The third-order valence-corrected chi connectivity index (χ3v) is 4.89. The van der Waals surface area contributed by atoms with Crippen molar-refractivity contribution in [1.82, 2.24) is 20.1 Å². The molecule has 0 unspecified atom stereocenters. The van der Waals surface area contributed by atoms with E-state index in [9.17, 15) is 22.8 Å². The van der Waals surface area contributed by atoms with Gasteiger partial charge in [0.25, 0.3) is 5.91 Å². The number of hydrogen-bond acceptors (Lipinski definition) is 3. The Bertz CT molecular complexity index is 881. The summed E-state index contributed by atoms with van der Waals surface area (Å²) in [7, 11) is 1.41. The minimum absolute atomic E-state index is 0.0225. The van der Waals surface area contributed by atoms with Gasteiger partial charge in [0.15, 0.2) is 0 Å². The second-order valence-corrected chi connectivity index (χ2v) is 7.04. The van der Waals surface area contributed by atoms with Crippen molar-refractivity contribution in [2.24, 2.45) is 18.4 Å². The zero-order valence-electron chi connectivity index (χ0n) is 14.4. The predicted octanol–water partition coefficient (Wildman–Crippen LogP) is 1.91. The number of amides is 1. The van der Waals surface area contributed by atoms with Crippen molar-refractivity contribution in [2.45, 2.75) is 26.2 Å². The van der Waals surface area contributed by atoms with E-state index in [0.717, 1.165) is 17.5 Å². The first-order chi connectivity index (χ1) is 12.2. The number of nitrogens with zero attached hydrogens (tertiary/aromatic N) is 2. The van der Waals surface area contributed by atoms with Crippen molar-refractivity contribution in [2.75, 3.05) is 6.54 Å². The summed E-state index contributed by atoms with van der Waals surface area (Å²) in [5.41, 5.74) is -1.32. The highest BCUT2D eigenvalue weighted by Gasteiger charge is 2.42. The average Bonchev–Trinajstić information content (AvgIpc) is 3.36. The second kappa shape index (κ2) is 6.62. The molecule has 3 rings (SSSR count). The Morgan fingerprint density at radius 2 is 1.96 bits per heavy atom. The van der Waals surface area contributed by atoms with E-state index in [1.165, 1.54) is 7.05 Å². The fourth-order valence-electron chi connectivity index (χ4n) is 3.15. The number of H-pyrrole nitrogens is 1. The van der Waals surface area contributed by atoms with Crippen LogP contribution < -0.4 is 11.0 Å². The maximum Gasteiger partial charge on any atom is 0.343 e. The number of carbonyl (C=O) groups excluding carboxylic acids is 1. The minimum Gasteiger partial charge on any atom is -0.349 e. The molecule has 1 amide bonds. The lowest BCUT2D eigenvalue weighted by Crippen LogP contribution is -2.39. The van der Waals surface area contributed by atoms with Crippen LogP contribution in [-0.4, -0.2) is 27.2 Å². The monoisotopic (exact) mass is 368 g/mol. The number of aryl methyl sites for hydroxylation is 1. The van der Waals surface area contributed by atoms with Gasteiger partial charge >= 0.3 is 5.69 Å². The van der Waals surface area contributed by atoms with Gasteiger partial charge in [-0.2, -0.15) is 0 Å². The molecule has 1 saturated carbocycles. The van der Waals surface area contributed by atoms with Crippen LogP contribution in [0.2, 0.25) is 0 Å². The lowest BCUT2D eigenvalue weighted by molar-refractivity contribution is 0.0915. The van der Waals surface area contributed by atoms with Crippen molar-refractivity contribution in [3.8, 4) is 0 Å². The predicted molar refractivity (Wildman–Crippen MR) is 87.0 cm³/mol. The smallest absolute Gasteiger partial charge is 0.343 e. The Labute approximate surface area is 147 Å². The highest BCUT2D eigenvalue weighted by atomic mass is 19.1. The van der Waals surface area contributed by atoms with Crippen LogP contribution in [0.5, 0.6) is 0 Å². The van der Waals surface area contributed by atoms with Crippen LogP contribution in [-0.2, 0) is 13.5 Å². The molecule has 2 N–H and O–H groups in total. The van der Waals surface area contributed by atoms with Crippen LogP contribution in [0.25, 0.3) is 0 Å². The highest BCUT2D eigenvalue weighted by Crippen LogP contribution is 2.47. The summed E-state index contributed by atoms with van der Waals surface area (Å²) in [6.45, 7) is 1.97. The molecular weight excluding hydrogens is 349 g/mol. The number of nitrogens with one attached hydrogen (secondary N) is 2. The van der Waals surface area contributed by atoms with E-state index in [4.69, 9.17) is 0 Å². The molecule has 0 spiro atoms. The van der Waals surface area contributed by atoms with Gasteiger partial charge in [0.2, 0.25) is 5.82 Å². The Morgan fingerprint density at radius 1 is 1.35 bits per heavy atom. The number of carbonyl (C=O) groups is 1. The standard InChI is InChI=1S/C17H19F3N4O2/c1-17(9-3-4-9,7-11-12(19)5-10(18)6-13(11)20)8-21-15(25)14-22-16(26)24(2)23-14/h5-6,9H,3-4,7-8H2,1-2H3,(H,21,25)(H,22,23,26)/t17-/m0/s1. The van der Waals surface area contributed by atoms with E-state index in [2.05, 4.69) is 15.4 Å². The lowest BCUT2D eigenvalue weighted by Gasteiger charge is -2.30. The summed E-state index contributed by atoms with van der Waals surface area (Å²) in [6, 6.07) is 1.31. The van der Waals surface area contributed by atoms with E-state index < -0.39 is 34.5 Å². The first kappa shape index (κ1) is 18.2. The lowest BCUT2D eigenvalue weighted by atomic mass is 9.78. The number of halogens is 3. The van der Waals surface area contributed by atoms with Crippen molar-refractivity contribution in [3.63, 3.8) is 0 Å². The molecule has 1 aliphatic carbocycles. The number of hydrogen-bond donors (Lipinski definition) is 2. The molecule has 1 fully saturated rings. The topological polar surface area (TPSA) is 79.8 Å². The van der Waals surface area contributed by atoms with Crippen LogP contribution in [0.1, 0.15) is 35.9 Å². The summed E-state index contributed by atoms with van der Waals surface area (Å²) >= 11 is 0. The Morgan fingerprint density at radius 3 is 2.46 bits per heavy atom. The van der Waals surface area contributed by atoms with Gasteiger partial charge in [0.05, 0.1) is 0 Å². The van der Waals surface area contributed by atoms with E-state index in [1.54, 1.807) is 0 Å². The molecule has 26 heavy (non-hydrogen) atoms. The number of benzene rings is 1. The van der Waals surface area contributed by atoms with Crippen molar-refractivity contribution < 1.29 is 18.0 Å². The van der Waals surface area contributed by atoms with Gasteiger partial charge in [0, 0.05) is 31.3 Å². The van der Waals surface area contributed by atoms with Crippen LogP contribution >= 0.6 is 0 Å². The minimum atomic E-state index is -0.968. The zero-order chi connectivity index (χ0) is 19.1. The van der Waals surface area contributed by atoms with Gasteiger partial charge in [-0.15, -0.1) is 5.10 Å². The molecule has 2 aromatic rings. The Hall–Kier alpha value is -2.58. The summed E-state index contributed by atoms with van der Waals surface area (Å²) < 4.78 is 42.1. The maximum absolute atomic E-state index is 14.0. The molecule has 1 atom stereocenters. The second-order valence-electron chi connectivity index (χ2n) is 7.04. The zero-order valence-corrected chi connectivity index (χ0v) is 14.4. The molecular formula is C17H19F3N4O2. The number of aromatic amines is 1. The van der Waals surface area contributed by atoms with Gasteiger partial charge in [-0.05, 0) is 30.6 Å². The van der Waals surface area contributed by atoms with Crippen LogP contribution in [0, 0.1) is 28.8 Å². The molecule has 9 heteroatoms. The SMILES string of the molecule is Cn1nc(C(=O)NC[C@](C)(Cc2c(F)cc(F)cc2F)C2CC2)[nH]c1=O. The van der Waals surface area contributed by atoms with Crippen LogP contribution in [0.4, 0.5) is 13.2 Å². The van der Waals surface area contributed by atoms with Crippen molar-refractivity contribution >= 4 is 5.91 Å². The first-order valence-corrected chi connectivity index (χ1v) is 8.24. The van der Waals surface area contributed by atoms with Gasteiger partial charge in [-0.3, -0.25) is 9.78 Å². The number of rotatable bonds is 6. The molecule has 6 nitrogen and oxygen atoms in total. The molecule has 1 aromatic carbocycles. The van der Waals surface area contributed by atoms with E-state index >= 15 is 0 Å². The molecule has 0 saturated heterocycles. The molecule has 1 aromatic heterocycles. The molecule has 140 valence electrons. The summed E-state index contributed by atoms with van der Waals surface area (Å²) in [5.74, 6) is -3.35. The Kier molecular flexibility index (Phi) is 4.64. The van der Waals surface area contributed by atoms with Gasteiger partial charge in [-0.25, -0.2) is 22.6 Å². The summed E-state index contributed by atoms with van der Waals surface area (Å²) in [5, 5.41) is 6.44. The third-order valence-electron chi connectivity index (χ3n) is 4.89. The van der Waals surface area contributed by atoms with Gasteiger partial charge in [0.1, 0.15) is 17.5 Å². The summed E-state index contributed by atoms with van der Waals surface area (Å²) in [6.07, 6.45) is 1.79. The van der Waals surface area contributed by atoms with Crippen molar-refractivity contribution in [3.05, 3.63) is 51.5 Å².